The summed E-state index contributed by atoms with van der Waals surface area (Å²) in [6, 6.07) is 0.608. The zero-order valence-electron chi connectivity index (χ0n) is 13.0. The average Bonchev–Trinajstić information content (AvgIpc) is 2.45. The lowest BCUT2D eigenvalue weighted by molar-refractivity contribution is -0.134. The Balaban J connectivity index is 2.24. The third-order valence-corrected chi connectivity index (χ3v) is 4.08. The van der Waals surface area contributed by atoms with Gasteiger partial charge in [-0.2, -0.15) is 0 Å². The first-order chi connectivity index (χ1) is 9.83. The predicted octanol–water partition coefficient (Wildman–Crippen LogP) is 3.98. The average molecular weight is 281 g/mol. The van der Waals surface area contributed by atoms with Crippen LogP contribution in [0.2, 0.25) is 0 Å². The molecule has 0 atom stereocenters. The molecule has 20 heavy (non-hydrogen) atoms. The number of carbonyl (C=O) groups excluding carboxylic acids is 1. The molecule has 0 saturated heterocycles. The summed E-state index contributed by atoms with van der Waals surface area (Å²) >= 11 is 0. The standard InChI is InChI=1S/C17H31NO2/c1-20-17(19)14-11-15-18-16-12-9-7-5-3-2-4-6-8-10-13-16/h11,14,16,18H,2-10,12-13,15H2,1H3/b14-11+. The minimum atomic E-state index is -0.273. The van der Waals surface area contributed by atoms with E-state index in [0.717, 1.165) is 6.54 Å². The number of ether oxygens (including phenoxy) is 1. The maximum absolute atomic E-state index is 11.0. The van der Waals surface area contributed by atoms with E-state index in [1.807, 2.05) is 6.08 Å². The van der Waals surface area contributed by atoms with Crippen LogP contribution in [0.5, 0.6) is 0 Å². The third-order valence-electron chi connectivity index (χ3n) is 4.08. The molecule has 3 heteroatoms. The molecule has 0 aromatic rings. The Morgan fingerprint density at radius 1 is 1.00 bits per heavy atom. The molecule has 0 aromatic carbocycles. The van der Waals surface area contributed by atoms with E-state index in [1.165, 1.54) is 83.8 Å². The van der Waals surface area contributed by atoms with Crippen molar-refractivity contribution >= 4 is 5.97 Å². The van der Waals surface area contributed by atoms with E-state index < -0.39 is 0 Å². The molecule has 1 rings (SSSR count). The predicted molar refractivity (Wildman–Crippen MR) is 83.7 cm³/mol. The molecular formula is C17H31NO2. The SMILES string of the molecule is COC(=O)/C=C/CNC1CCCCCCCCCCC1. The molecule has 1 fully saturated rings. The van der Waals surface area contributed by atoms with Crippen LogP contribution in [-0.2, 0) is 9.53 Å². The Bertz CT molecular complexity index is 264. The van der Waals surface area contributed by atoms with Gasteiger partial charge in [-0.1, -0.05) is 63.9 Å². The van der Waals surface area contributed by atoms with Crippen LogP contribution in [0.25, 0.3) is 0 Å². The lowest BCUT2D eigenvalue weighted by atomic mass is 9.98. The Morgan fingerprint density at radius 3 is 2.00 bits per heavy atom. The number of nitrogens with one attached hydrogen (secondary N) is 1. The Morgan fingerprint density at radius 2 is 1.50 bits per heavy atom. The molecule has 1 aliphatic carbocycles. The minimum Gasteiger partial charge on any atom is -0.466 e. The van der Waals surface area contributed by atoms with Crippen LogP contribution in [0, 0.1) is 0 Å². The number of methoxy groups -OCH3 is 1. The molecule has 0 aromatic heterocycles. The summed E-state index contributed by atoms with van der Waals surface area (Å²) in [5.74, 6) is -0.273. The summed E-state index contributed by atoms with van der Waals surface area (Å²) < 4.78 is 4.58. The smallest absolute Gasteiger partial charge is 0.330 e. The van der Waals surface area contributed by atoms with Gasteiger partial charge in [-0.15, -0.1) is 0 Å². The molecule has 0 bridgehead atoms. The number of carbonyl (C=O) groups is 1. The molecule has 1 aliphatic rings. The van der Waals surface area contributed by atoms with Gasteiger partial charge >= 0.3 is 5.97 Å². The molecule has 116 valence electrons. The fourth-order valence-electron chi connectivity index (χ4n) is 2.83. The van der Waals surface area contributed by atoms with Crippen molar-refractivity contribution in [1.82, 2.24) is 5.32 Å². The molecule has 0 heterocycles. The van der Waals surface area contributed by atoms with Gasteiger partial charge in [0.25, 0.3) is 0 Å². The van der Waals surface area contributed by atoms with Gasteiger partial charge in [-0.25, -0.2) is 4.79 Å². The van der Waals surface area contributed by atoms with Crippen molar-refractivity contribution in [2.45, 2.75) is 76.7 Å². The maximum atomic E-state index is 11.0. The van der Waals surface area contributed by atoms with Gasteiger partial charge in [0.2, 0.25) is 0 Å². The van der Waals surface area contributed by atoms with Crippen molar-refractivity contribution in [2.24, 2.45) is 0 Å². The van der Waals surface area contributed by atoms with Gasteiger partial charge in [0, 0.05) is 18.7 Å². The summed E-state index contributed by atoms with van der Waals surface area (Å²) in [7, 11) is 1.41. The normalized spacial score (nSPS) is 20.2. The first-order valence-corrected chi connectivity index (χ1v) is 8.31. The van der Waals surface area contributed by atoms with Gasteiger partial charge in [0.05, 0.1) is 7.11 Å². The Labute approximate surface area is 124 Å². The van der Waals surface area contributed by atoms with Crippen LogP contribution in [0.15, 0.2) is 12.2 Å². The van der Waals surface area contributed by atoms with Gasteiger partial charge < -0.3 is 10.1 Å². The number of hydrogen-bond donors (Lipinski definition) is 1. The molecule has 1 N–H and O–H groups in total. The zero-order chi connectivity index (χ0) is 14.5. The van der Waals surface area contributed by atoms with Crippen molar-refractivity contribution in [1.29, 1.82) is 0 Å². The third kappa shape index (κ3) is 9.13. The molecule has 0 aliphatic heterocycles. The highest BCUT2D eigenvalue weighted by atomic mass is 16.5. The van der Waals surface area contributed by atoms with E-state index in [9.17, 15) is 4.79 Å². The van der Waals surface area contributed by atoms with Crippen LogP contribution < -0.4 is 5.32 Å². The molecule has 0 radical (unpaired) electrons. The first-order valence-electron chi connectivity index (χ1n) is 8.31. The van der Waals surface area contributed by atoms with Gasteiger partial charge in [-0.05, 0) is 12.8 Å². The number of esters is 1. The fourth-order valence-corrected chi connectivity index (χ4v) is 2.83. The quantitative estimate of drug-likeness (QED) is 0.626. The van der Waals surface area contributed by atoms with Crippen molar-refractivity contribution in [3.63, 3.8) is 0 Å². The van der Waals surface area contributed by atoms with Gasteiger partial charge in [0.1, 0.15) is 0 Å². The van der Waals surface area contributed by atoms with Gasteiger partial charge in [-0.3, -0.25) is 0 Å². The summed E-state index contributed by atoms with van der Waals surface area (Å²) in [6.07, 6.45) is 18.4. The van der Waals surface area contributed by atoms with Crippen molar-refractivity contribution in [2.75, 3.05) is 13.7 Å². The second-order valence-electron chi connectivity index (χ2n) is 5.79. The lowest BCUT2D eigenvalue weighted by Crippen LogP contribution is -2.29. The zero-order valence-corrected chi connectivity index (χ0v) is 13.0. The Kier molecular flexibility index (Phi) is 10.3. The van der Waals surface area contributed by atoms with E-state index in [0.29, 0.717) is 6.04 Å². The first kappa shape index (κ1) is 17.2. The molecular weight excluding hydrogens is 250 g/mol. The summed E-state index contributed by atoms with van der Waals surface area (Å²) in [5, 5.41) is 3.56. The molecule has 1 saturated carbocycles. The van der Waals surface area contributed by atoms with Crippen molar-refractivity contribution in [3.05, 3.63) is 12.2 Å². The minimum absolute atomic E-state index is 0.273. The molecule has 3 nitrogen and oxygen atoms in total. The highest BCUT2D eigenvalue weighted by Gasteiger charge is 2.08. The summed E-state index contributed by atoms with van der Waals surface area (Å²) in [5.41, 5.74) is 0. The van der Waals surface area contributed by atoms with Crippen molar-refractivity contribution in [3.8, 4) is 0 Å². The van der Waals surface area contributed by atoms with Gasteiger partial charge in [0.15, 0.2) is 0 Å². The number of rotatable bonds is 4. The van der Waals surface area contributed by atoms with Crippen molar-refractivity contribution < 1.29 is 9.53 Å². The molecule has 0 unspecified atom stereocenters. The molecule has 0 spiro atoms. The number of hydrogen-bond acceptors (Lipinski definition) is 3. The lowest BCUT2D eigenvalue weighted by Gasteiger charge is -2.18. The maximum Gasteiger partial charge on any atom is 0.330 e. The largest absolute Gasteiger partial charge is 0.466 e. The van der Waals surface area contributed by atoms with Crippen LogP contribution in [0.1, 0.15) is 70.6 Å². The van der Waals surface area contributed by atoms with Crippen LogP contribution in [-0.4, -0.2) is 25.7 Å². The summed E-state index contributed by atoms with van der Waals surface area (Å²) in [4.78, 5) is 11.0. The van der Waals surface area contributed by atoms with E-state index >= 15 is 0 Å². The monoisotopic (exact) mass is 281 g/mol. The van der Waals surface area contributed by atoms with E-state index in [2.05, 4.69) is 10.1 Å². The summed E-state index contributed by atoms with van der Waals surface area (Å²) in [6.45, 7) is 0.764. The van der Waals surface area contributed by atoms with Crippen LogP contribution in [0.3, 0.4) is 0 Å². The highest BCUT2D eigenvalue weighted by Crippen LogP contribution is 2.16. The highest BCUT2D eigenvalue weighted by molar-refractivity contribution is 5.81. The second-order valence-corrected chi connectivity index (χ2v) is 5.79. The molecule has 0 amide bonds. The Hall–Kier alpha value is -0.830. The fraction of sp³-hybridized carbons (Fsp3) is 0.824. The topological polar surface area (TPSA) is 38.3 Å². The second kappa shape index (κ2) is 12.0. The van der Waals surface area contributed by atoms with Crippen LogP contribution >= 0.6 is 0 Å². The van der Waals surface area contributed by atoms with Crippen LogP contribution in [0.4, 0.5) is 0 Å². The van der Waals surface area contributed by atoms with E-state index in [4.69, 9.17) is 0 Å². The van der Waals surface area contributed by atoms with E-state index in [1.54, 1.807) is 0 Å². The van der Waals surface area contributed by atoms with E-state index in [-0.39, 0.29) is 5.97 Å².